The molecule has 5 heteroatoms. The average molecular weight is 246 g/mol. The zero-order chi connectivity index (χ0) is 12.8. The molecule has 0 aromatic carbocycles. The van der Waals surface area contributed by atoms with Gasteiger partial charge in [0, 0.05) is 24.5 Å². The summed E-state index contributed by atoms with van der Waals surface area (Å²) >= 11 is 0. The van der Waals surface area contributed by atoms with Gasteiger partial charge in [-0.15, -0.1) is 0 Å². The molecule has 2 heterocycles. The summed E-state index contributed by atoms with van der Waals surface area (Å²) in [6.07, 6.45) is 4.24. The van der Waals surface area contributed by atoms with Crippen LogP contribution < -0.4 is 10.1 Å². The van der Waals surface area contributed by atoms with Crippen LogP contribution >= 0.6 is 0 Å². The van der Waals surface area contributed by atoms with Crippen molar-refractivity contribution in [3.63, 3.8) is 0 Å². The van der Waals surface area contributed by atoms with Crippen molar-refractivity contribution in [3.05, 3.63) is 24.5 Å². The molecule has 0 fully saturated rings. The van der Waals surface area contributed by atoms with Crippen molar-refractivity contribution < 1.29 is 4.74 Å². The molecule has 0 aliphatic carbocycles. The zero-order valence-electron chi connectivity index (χ0n) is 10.8. The van der Waals surface area contributed by atoms with Gasteiger partial charge in [0.15, 0.2) is 5.65 Å². The van der Waals surface area contributed by atoms with Gasteiger partial charge in [0.05, 0.1) is 6.61 Å². The van der Waals surface area contributed by atoms with E-state index in [1.54, 1.807) is 12.4 Å². The summed E-state index contributed by atoms with van der Waals surface area (Å²) in [4.78, 5) is 12.6. The molecule has 0 unspecified atom stereocenters. The lowest BCUT2D eigenvalue weighted by atomic mass is 10.3. The van der Waals surface area contributed by atoms with Gasteiger partial charge in [-0.05, 0) is 19.0 Å². The minimum atomic E-state index is 0.513. The van der Waals surface area contributed by atoms with Gasteiger partial charge in [0.2, 0.25) is 5.88 Å². The highest BCUT2D eigenvalue weighted by Crippen LogP contribution is 2.12. The Morgan fingerprint density at radius 1 is 1.22 bits per heavy atom. The van der Waals surface area contributed by atoms with E-state index in [0.717, 1.165) is 18.5 Å². The lowest BCUT2D eigenvalue weighted by Gasteiger charge is -2.08. The topological polar surface area (TPSA) is 59.9 Å². The van der Waals surface area contributed by atoms with Gasteiger partial charge < -0.3 is 10.1 Å². The maximum absolute atomic E-state index is 5.58. The van der Waals surface area contributed by atoms with Gasteiger partial charge in [-0.3, -0.25) is 4.98 Å². The molecule has 0 aliphatic rings. The van der Waals surface area contributed by atoms with Crippen LogP contribution in [0.4, 0.5) is 0 Å². The summed E-state index contributed by atoms with van der Waals surface area (Å²) in [6.45, 7) is 5.86. The quantitative estimate of drug-likeness (QED) is 0.787. The minimum Gasteiger partial charge on any atom is -0.478 e. The fourth-order valence-corrected chi connectivity index (χ4v) is 1.56. The molecule has 0 spiro atoms. The molecule has 0 saturated carbocycles. The Morgan fingerprint density at radius 3 is 2.89 bits per heavy atom. The second-order valence-corrected chi connectivity index (χ2v) is 4.36. The highest BCUT2D eigenvalue weighted by Gasteiger charge is 2.00. The summed E-state index contributed by atoms with van der Waals surface area (Å²) in [5, 5.41) is 3.34. The van der Waals surface area contributed by atoms with Gasteiger partial charge >= 0.3 is 0 Å². The Balaban J connectivity index is 1.84. The van der Waals surface area contributed by atoms with Crippen LogP contribution in [0.2, 0.25) is 0 Å². The monoisotopic (exact) mass is 246 g/mol. The third-order valence-electron chi connectivity index (χ3n) is 2.43. The molecule has 96 valence electrons. The van der Waals surface area contributed by atoms with Gasteiger partial charge in [0.25, 0.3) is 0 Å². The number of nitrogens with one attached hydrogen (secondary N) is 1. The molecule has 0 amide bonds. The van der Waals surface area contributed by atoms with Crippen molar-refractivity contribution in [2.24, 2.45) is 0 Å². The van der Waals surface area contributed by atoms with E-state index in [1.807, 2.05) is 12.1 Å². The summed E-state index contributed by atoms with van der Waals surface area (Å²) in [5.41, 5.74) is 1.40. The van der Waals surface area contributed by atoms with Gasteiger partial charge in [-0.2, -0.15) is 4.98 Å². The van der Waals surface area contributed by atoms with Crippen LogP contribution in [0.3, 0.4) is 0 Å². The van der Waals surface area contributed by atoms with Crippen LogP contribution in [-0.4, -0.2) is 34.1 Å². The summed E-state index contributed by atoms with van der Waals surface area (Å²) in [6, 6.07) is 4.21. The molecule has 2 aromatic rings. The zero-order valence-corrected chi connectivity index (χ0v) is 10.8. The first kappa shape index (κ1) is 12.7. The maximum Gasteiger partial charge on any atom is 0.215 e. The molecule has 0 atom stereocenters. The second-order valence-electron chi connectivity index (χ2n) is 4.36. The number of hydrogen-bond donors (Lipinski definition) is 1. The van der Waals surface area contributed by atoms with Crippen molar-refractivity contribution in [3.8, 4) is 5.88 Å². The van der Waals surface area contributed by atoms with Gasteiger partial charge in [-0.1, -0.05) is 13.8 Å². The number of nitrogens with zero attached hydrogens (tertiary/aromatic N) is 3. The van der Waals surface area contributed by atoms with Crippen LogP contribution in [-0.2, 0) is 0 Å². The molecular formula is C13H18N4O. The van der Waals surface area contributed by atoms with Crippen molar-refractivity contribution in [2.75, 3.05) is 13.2 Å². The predicted octanol–water partition coefficient (Wildman–Crippen LogP) is 1.79. The van der Waals surface area contributed by atoms with Crippen molar-refractivity contribution in [2.45, 2.75) is 26.3 Å². The van der Waals surface area contributed by atoms with Crippen molar-refractivity contribution in [1.82, 2.24) is 20.3 Å². The first-order chi connectivity index (χ1) is 8.75. The van der Waals surface area contributed by atoms with Crippen LogP contribution in [0.5, 0.6) is 5.88 Å². The molecule has 0 saturated heterocycles. The number of pyridine rings is 1. The third kappa shape index (κ3) is 3.63. The number of fused-ring (bicyclic) bond motifs is 1. The van der Waals surface area contributed by atoms with E-state index in [0.29, 0.717) is 24.2 Å². The number of ether oxygens (including phenoxy) is 1. The van der Waals surface area contributed by atoms with Crippen LogP contribution in [0.15, 0.2) is 24.5 Å². The van der Waals surface area contributed by atoms with Crippen LogP contribution in [0, 0.1) is 0 Å². The highest BCUT2D eigenvalue weighted by atomic mass is 16.5. The molecule has 0 bridgehead atoms. The van der Waals surface area contributed by atoms with Gasteiger partial charge in [-0.25, -0.2) is 4.98 Å². The Hall–Kier alpha value is -1.75. The Labute approximate surface area is 107 Å². The smallest absolute Gasteiger partial charge is 0.215 e. The molecule has 2 aromatic heterocycles. The molecule has 5 nitrogen and oxygen atoms in total. The number of hydrogen-bond acceptors (Lipinski definition) is 5. The summed E-state index contributed by atoms with van der Waals surface area (Å²) < 4.78 is 5.58. The van der Waals surface area contributed by atoms with E-state index >= 15 is 0 Å². The van der Waals surface area contributed by atoms with Crippen LogP contribution in [0.1, 0.15) is 20.3 Å². The summed E-state index contributed by atoms with van der Waals surface area (Å²) in [7, 11) is 0. The number of rotatable bonds is 6. The predicted molar refractivity (Wildman–Crippen MR) is 70.6 cm³/mol. The van der Waals surface area contributed by atoms with E-state index in [1.165, 1.54) is 0 Å². The molecule has 18 heavy (non-hydrogen) atoms. The maximum atomic E-state index is 5.58. The minimum absolute atomic E-state index is 0.513. The molecular weight excluding hydrogens is 228 g/mol. The lowest BCUT2D eigenvalue weighted by Crippen LogP contribution is -2.24. The first-order valence-corrected chi connectivity index (χ1v) is 6.19. The average Bonchev–Trinajstić information content (AvgIpc) is 2.38. The Bertz CT molecular complexity index is 501. The fourth-order valence-electron chi connectivity index (χ4n) is 1.56. The Kier molecular flexibility index (Phi) is 4.41. The van der Waals surface area contributed by atoms with E-state index in [2.05, 4.69) is 34.1 Å². The van der Waals surface area contributed by atoms with E-state index in [4.69, 9.17) is 4.74 Å². The SMILES string of the molecule is CC(C)NCCCOc1ccc2nccnc2n1. The third-order valence-corrected chi connectivity index (χ3v) is 2.43. The second kappa shape index (κ2) is 6.26. The molecule has 0 aliphatic heterocycles. The fraction of sp³-hybridized carbons (Fsp3) is 0.462. The standard InChI is InChI=1S/C13H18N4O/c1-10(2)14-6-3-9-18-12-5-4-11-13(17-12)16-8-7-15-11/h4-5,7-8,10,14H,3,6,9H2,1-2H3. The number of aromatic nitrogens is 3. The van der Waals surface area contributed by atoms with Gasteiger partial charge in [0.1, 0.15) is 5.52 Å². The molecule has 1 N–H and O–H groups in total. The van der Waals surface area contributed by atoms with Crippen LogP contribution in [0.25, 0.3) is 11.2 Å². The van der Waals surface area contributed by atoms with Crippen molar-refractivity contribution in [1.29, 1.82) is 0 Å². The van der Waals surface area contributed by atoms with E-state index in [9.17, 15) is 0 Å². The molecule has 2 rings (SSSR count). The molecule has 0 radical (unpaired) electrons. The van der Waals surface area contributed by atoms with E-state index in [-0.39, 0.29) is 0 Å². The van der Waals surface area contributed by atoms with Crippen molar-refractivity contribution >= 4 is 11.2 Å². The lowest BCUT2D eigenvalue weighted by molar-refractivity contribution is 0.296. The largest absolute Gasteiger partial charge is 0.478 e. The van der Waals surface area contributed by atoms with E-state index < -0.39 is 0 Å². The first-order valence-electron chi connectivity index (χ1n) is 6.19. The highest BCUT2D eigenvalue weighted by molar-refractivity contribution is 5.69. The summed E-state index contributed by atoms with van der Waals surface area (Å²) in [5.74, 6) is 0.604. The normalized spacial score (nSPS) is 11.1. The Morgan fingerprint density at radius 2 is 2.06 bits per heavy atom.